The topological polar surface area (TPSA) is 51.0 Å². The van der Waals surface area contributed by atoms with Gasteiger partial charge in [-0.05, 0) is 19.1 Å². The Morgan fingerprint density at radius 2 is 1.64 bits per heavy atom. The highest BCUT2D eigenvalue weighted by molar-refractivity contribution is 5.99. The fourth-order valence-corrected chi connectivity index (χ4v) is 2.74. The van der Waals surface area contributed by atoms with Crippen molar-refractivity contribution in [2.75, 3.05) is 5.32 Å². The molecule has 0 aliphatic heterocycles. The van der Waals surface area contributed by atoms with Crippen molar-refractivity contribution >= 4 is 29.0 Å². The van der Waals surface area contributed by atoms with Crippen molar-refractivity contribution in [3.8, 4) is 11.3 Å². The van der Waals surface area contributed by atoms with Gasteiger partial charge < -0.3 is 9.73 Å². The summed E-state index contributed by atoms with van der Waals surface area (Å²) in [5.74, 6) is 1.63. The van der Waals surface area contributed by atoms with E-state index in [0.717, 1.165) is 33.6 Å². The Bertz CT molecular complexity index is 966. The zero-order valence-corrected chi connectivity index (χ0v) is 14.6. The van der Waals surface area contributed by atoms with Crippen LogP contribution in [0.2, 0.25) is 0 Å². The Morgan fingerprint density at radius 3 is 2.36 bits per heavy atom. The van der Waals surface area contributed by atoms with Crippen LogP contribution in [0.15, 0.2) is 71.3 Å². The highest BCUT2D eigenvalue weighted by Gasteiger charge is 2.10. The molecule has 25 heavy (non-hydrogen) atoms. The van der Waals surface area contributed by atoms with E-state index in [-0.39, 0.29) is 12.4 Å². The summed E-state index contributed by atoms with van der Waals surface area (Å²) in [4.78, 5) is 0. The minimum absolute atomic E-state index is 0. The maximum Gasteiger partial charge on any atom is 0.156 e. The fraction of sp³-hybridized carbons (Fsp3) is 0.100. The predicted octanol–water partition coefficient (Wildman–Crippen LogP) is 5.23. The number of hydrogen-bond donors (Lipinski definition) is 1. The van der Waals surface area contributed by atoms with Crippen molar-refractivity contribution in [2.24, 2.45) is 0 Å². The molecule has 0 atom stereocenters. The van der Waals surface area contributed by atoms with Crippen LogP contribution in [0, 0.1) is 6.92 Å². The van der Waals surface area contributed by atoms with E-state index < -0.39 is 0 Å². The summed E-state index contributed by atoms with van der Waals surface area (Å²) in [7, 11) is 0. The van der Waals surface area contributed by atoms with Crippen LogP contribution >= 0.6 is 12.4 Å². The van der Waals surface area contributed by atoms with Gasteiger partial charge in [-0.2, -0.15) is 0 Å². The Morgan fingerprint density at radius 1 is 0.880 bits per heavy atom. The second kappa shape index (κ2) is 7.36. The van der Waals surface area contributed by atoms with Gasteiger partial charge in [0, 0.05) is 16.3 Å². The lowest BCUT2D eigenvalue weighted by Crippen LogP contribution is -2.03. The molecule has 4 aromatic rings. The molecule has 0 radical (unpaired) electrons. The third-order valence-electron chi connectivity index (χ3n) is 4.02. The lowest BCUT2D eigenvalue weighted by molar-refractivity contribution is 0.518. The van der Waals surface area contributed by atoms with E-state index in [1.807, 2.05) is 24.3 Å². The molecule has 0 aliphatic carbocycles. The molecule has 2 aromatic carbocycles. The van der Waals surface area contributed by atoms with Crippen LogP contribution in [0.1, 0.15) is 11.3 Å². The van der Waals surface area contributed by atoms with Crippen molar-refractivity contribution in [2.45, 2.75) is 13.5 Å². The molecule has 0 spiro atoms. The number of nitrogens with zero attached hydrogens (tertiary/aromatic N) is 2. The number of fused-ring (bicyclic) bond motifs is 1. The molecule has 0 amide bonds. The van der Waals surface area contributed by atoms with Gasteiger partial charge in [0.15, 0.2) is 5.82 Å². The van der Waals surface area contributed by atoms with Gasteiger partial charge in [-0.25, -0.2) is 0 Å². The Labute approximate surface area is 152 Å². The van der Waals surface area contributed by atoms with Crippen LogP contribution in [0.25, 0.3) is 22.0 Å². The number of furan rings is 1. The van der Waals surface area contributed by atoms with Crippen LogP contribution in [0.3, 0.4) is 0 Å². The Hall–Kier alpha value is -2.85. The van der Waals surface area contributed by atoms with Crippen LogP contribution in [-0.2, 0) is 6.54 Å². The first-order valence-corrected chi connectivity index (χ1v) is 7.90. The molecule has 5 heteroatoms. The summed E-state index contributed by atoms with van der Waals surface area (Å²) < 4.78 is 5.36. The van der Waals surface area contributed by atoms with Gasteiger partial charge in [-0.1, -0.05) is 54.1 Å². The fourth-order valence-electron chi connectivity index (χ4n) is 2.74. The second-order valence-corrected chi connectivity index (χ2v) is 5.74. The Balaban J connectivity index is 0.00000182. The normalized spacial score (nSPS) is 10.4. The lowest BCUT2D eigenvalue weighted by atomic mass is 10.0. The molecule has 0 aliphatic rings. The summed E-state index contributed by atoms with van der Waals surface area (Å²) in [5, 5.41) is 14.3. The number of anilines is 1. The van der Waals surface area contributed by atoms with E-state index in [4.69, 9.17) is 4.42 Å². The molecule has 0 saturated heterocycles. The molecular weight excluding hydrogens is 334 g/mol. The highest BCUT2D eigenvalue weighted by atomic mass is 35.5. The zero-order valence-electron chi connectivity index (χ0n) is 13.8. The van der Waals surface area contributed by atoms with Gasteiger partial charge in [0.25, 0.3) is 0 Å². The molecule has 4 nitrogen and oxygen atoms in total. The highest BCUT2D eigenvalue weighted by Crippen LogP contribution is 2.29. The van der Waals surface area contributed by atoms with Crippen molar-refractivity contribution in [1.82, 2.24) is 10.2 Å². The van der Waals surface area contributed by atoms with Crippen LogP contribution in [0.4, 0.5) is 5.82 Å². The van der Waals surface area contributed by atoms with E-state index in [0.29, 0.717) is 6.54 Å². The average molecular weight is 352 g/mol. The van der Waals surface area contributed by atoms with Gasteiger partial charge in [-0.3, -0.25) is 0 Å². The van der Waals surface area contributed by atoms with Gasteiger partial charge in [-0.15, -0.1) is 22.6 Å². The molecule has 0 bridgehead atoms. The third kappa shape index (κ3) is 3.49. The Kier molecular flexibility index (Phi) is 5.00. The molecule has 0 unspecified atom stereocenters. The summed E-state index contributed by atoms with van der Waals surface area (Å²) in [6.45, 7) is 2.66. The SMILES string of the molecule is Cc1ccc(-c2nnc(NCc3ccco3)c3ccccc23)cc1.Cl. The summed E-state index contributed by atoms with van der Waals surface area (Å²) in [5.41, 5.74) is 3.20. The zero-order chi connectivity index (χ0) is 16.4. The molecule has 2 aromatic heterocycles. The average Bonchev–Trinajstić information content (AvgIpc) is 3.14. The molecule has 4 rings (SSSR count). The summed E-state index contributed by atoms with van der Waals surface area (Å²) in [6.07, 6.45) is 1.67. The van der Waals surface area contributed by atoms with E-state index in [1.54, 1.807) is 6.26 Å². The van der Waals surface area contributed by atoms with Gasteiger partial charge in [0.2, 0.25) is 0 Å². The van der Waals surface area contributed by atoms with Crippen molar-refractivity contribution in [3.05, 3.63) is 78.3 Å². The number of halogens is 1. The number of hydrogen-bond acceptors (Lipinski definition) is 4. The number of benzene rings is 2. The number of aromatic nitrogens is 2. The van der Waals surface area contributed by atoms with Gasteiger partial charge >= 0.3 is 0 Å². The van der Waals surface area contributed by atoms with Crippen LogP contribution in [-0.4, -0.2) is 10.2 Å². The summed E-state index contributed by atoms with van der Waals surface area (Å²) in [6, 6.07) is 20.3. The molecule has 2 heterocycles. The minimum atomic E-state index is 0. The smallest absolute Gasteiger partial charge is 0.156 e. The molecule has 1 N–H and O–H groups in total. The monoisotopic (exact) mass is 351 g/mol. The standard InChI is InChI=1S/C20H17N3O.ClH/c1-14-8-10-15(11-9-14)19-17-6-2-3-7-18(17)20(23-22-19)21-13-16-5-4-12-24-16;/h2-12H,13H2,1H3,(H,21,23);1H. The molecule has 0 fully saturated rings. The van der Waals surface area contributed by atoms with Gasteiger partial charge in [0.1, 0.15) is 11.5 Å². The van der Waals surface area contributed by atoms with E-state index in [1.165, 1.54) is 5.56 Å². The minimum Gasteiger partial charge on any atom is -0.467 e. The number of nitrogens with one attached hydrogen (secondary N) is 1. The van der Waals surface area contributed by atoms with E-state index in [2.05, 4.69) is 58.8 Å². The first-order chi connectivity index (χ1) is 11.8. The van der Waals surface area contributed by atoms with E-state index >= 15 is 0 Å². The lowest BCUT2D eigenvalue weighted by Gasteiger charge is -2.10. The summed E-state index contributed by atoms with van der Waals surface area (Å²) >= 11 is 0. The third-order valence-corrected chi connectivity index (χ3v) is 4.02. The number of aryl methyl sites for hydroxylation is 1. The quantitative estimate of drug-likeness (QED) is 0.546. The molecule has 0 saturated carbocycles. The number of rotatable bonds is 4. The maximum atomic E-state index is 5.36. The molecular formula is C20H18ClN3O. The van der Waals surface area contributed by atoms with Crippen LogP contribution < -0.4 is 5.32 Å². The van der Waals surface area contributed by atoms with Crippen molar-refractivity contribution in [3.63, 3.8) is 0 Å². The van der Waals surface area contributed by atoms with Gasteiger partial charge in [0.05, 0.1) is 12.8 Å². The van der Waals surface area contributed by atoms with E-state index in [9.17, 15) is 0 Å². The predicted molar refractivity (Wildman–Crippen MR) is 103 cm³/mol. The largest absolute Gasteiger partial charge is 0.467 e. The first kappa shape index (κ1) is 17.0. The maximum absolute atomic E-state index is 5.36. The first-order valence-electron chi connectivity index (χ1n) is 7.90. The van der Waals surface area contributed by atoms with Crippen molar-refractivity contribution < 1.29 is 4.42 Å². The molecule has 126 valence electrons. The second-order valence-electron chi connectivity index (χ2n) is 5.74. The van der Waals surface area contributed by atoms with Crippen LogP contribution in [0.5, 0.6) is 0 Å². The van der Waals surface area contributed by atoms with Crippen molar-refractivity contribution in [1.29, 1.82) is 0 Å².